The van der Waals surface area contributed by atoms with E-state index in [4.69, 9.17) is 5.14 Å². The Balaban J connectivity index is 2.14. The molecule has 1 aliphatic rings. The molecule has 1 saturated heterocycles. The van der Waals surface area contributed by atoms with Crippen molar-refractivity contribution in [2.45, 2.75) is 13.0 Å². The van der Waals surface area contributed by atoms with E-state index in [9.17, 15) is 13.2 Å². The van der Waals surface area contributed by atoms with E-state index < -0.39 is 10.2 Å². The van der Waals surface area contributed by atoms with Gasteiger partial charge in [0.25, 0.3) is 10.2 Å². The second-order valence-corrected chi connectivity index (χ2v) is 7.60. The largest absolute Gasteiger partial charge is 0.338 e. The van der Waals surface area contributed by atoms with Crippen LogP contribution in [0.3, 0.4) is 0 Å². The molecule has 1 aromatic carbocycles. The number of carbonyl (C=O) groups excluding carboxylic acids is 1. The maximum atomic E-state index is 12.9. The minimum atomic E-state index is -3.68. The Hall–Kier alpha value is -1.48. The van der Waals surface area contributed by atoms with E-state index in [1.54, 1.807) is 4.90 Å². The van der Waals surface area contributed by atoms with Crippen LogP contribution in [0, 0.1) is 6.92 Å². The van der Waals surface area contributed by atoms with Crippen molar-refractivity contribution >= 4 is 16.1 Å². The molecule has 1 amide bonds. The van der Waals surface area contributed by atoms with E-state index in [1.165, 1.54) is 4.31 Å². The first-order valence-corrected chi connectivity index (χ1v) is 9.00. The van der Waals surface area contributed by atoms with Gasteiger partial charge in [0.2, 0.25) is 5.91 Å². The Morgan fingerprint density at radius 1 is 1.22 bits per heavy atom. The molecule has 0 radical (unpaired) electrons. The molecule has 0 aromatic heterocycles. The van der Waals surface area contributed by atoms with Crippen LogP contribution in [-0.2, 0) is 15.0 Å². The minimum absolute atomic E-state index is 0.0188. The molecule has 2 N–H and O–H groups in total. The maximum absolute atomic E-state index is 12.9. The first-order chi connectivity index (χ1) is 10.7. The molecule has 7 nitrogen and oxygen atoms in total. The standard InChI is InChI=1S/C15H24N4O3S/c1-12-5-4-6-13(11-12)14(17(2)3)15(20)18-7-9-19(10-8-18)23(16,21)22/h4-6,11,14H,7-10H2,1-3H3,(H2,16,21,22)/t14-/m1/s1. The van der Waals surface area contributed by atoms with Crippen LogP contribution in [0.15, 0.2) is 24.3 Å². The van der Waals surface area contributed by atoms with E-state index in [1.807, 2.05) is 50.2 Å². The quantitative estimate of drug-likeness (QED) is 0.832. The van der Waals surface area contributed by atoms with Crippen LogP contribution in [0.25, 0.3) is 0 Å². The van der Waals surface area contributed by atoms with Crippen LogP contribution in [0.5, 0.6) is 0 Å². The van der Waals surface area contributed by atoms with E-state index in [0.717, 1.165) is 11.1 Å². The van der Waals surface area contributed by atoms with Gasteiger partial charge < -0.3 is 4.90 Å². The van der Waals surface area contributed by atoms with Crippen molar-refractivity contribution in [1.82, 2.24) is 14.1 Å². The van der Waals surface area contributed by atoms with Crippen molar-refractivity contribution in [3.63, 3.8) is 0 Å². The van der Waals surface area contributed by atoms with Gasteiger partial charge in [0.15, 0.2) is 0 Å². The fraction of sp³-hybridized carbons (Fsp3) is 0.533. The molecule has 1 fully saturated rings. The fourth-order valence-electron chi connectivity index (χ4n) is 2.84. The van der Waals surface area contributed by atoms with Gasteiger partial charge in [-0.25, -0.2) is 5.14 Å². The van der Waals surface area contributed by atoms with E-state index in [0.29, 0.717) is 13.1 Å². The van der Waals surface area contributed by atoms with Crippen molar-refractivity contribution in [2.24, 2.45) is 5.14 Å². The first kappa shape index (κ1) is 17.9. The summed E-state index contributed by atoms with van der Waals surface area (Å²) in [5.41, 5.74) is 2.04. The average Bonchev–Trinajstić information content (AvgIpc) is 2.46. The zero-order valence-electron chi connectivity index (χ0n) is 13.8. The lowest BCUT2D eigenvalue weighted by Crippen LogP contribution is -2.54. The third-order valence-corrected chi connectivity index (χ3v) is 5.10. The number of hydrogen-bond donors (Lipinski definition) is 1. The first-order valence-electron chi connectivity index (χ1n) is 7.50. The van der Waals surface area contributed by atoms with Crippen LogP contribution in [0.1, 0.15) is 17.2 Å². The van der Waals surface area contributed by atoms with Crippen molar-refractivity contribution in [3.05, 3.63) is 35.4 Å². The summed E-state index contributed by atoms with van der Waals surface area (Å²) < 4.78 is 23.9. The molecule has 0 saturated carbocycles. The lowest BCUT2D eigenvalue weighted by molar-refractivity contribution is -0.137. The molecule has 0 aliphatic carbocycles. The summed E-state index contributed by atoms with van der Waals surface area (Å²) >= 11 is 0. The SMILES string of the molecule is Cc1cccc([C@H](C(=O)N2CCN(S(N)(=O)=O)CC2)N(C)C)c1. The topological polar surface area (TPSA) is 87.0 Å². The van der Waals surface area contributed by atoms with Gasteiger partial charge in [-0.1, -0.05) is 29.8 Å². The van der Waals surface area contributed by atoms with Crippen LogP contribution in [0.2, 0.25) is 0 Å². The number of piperazine rings is 1. The molecular formula is C15H24N4O3S. The van der Waals surface area contributed by atoms with Gasteiger partial charge in [0.1, 0.15) is 6.04 Å². The Morgan fingerprint density at radius 3 is 2.30 bits per heavy atom. The molecule has 0 spiro atoms. The molecule has 8 heteroatoms. The molecule has 1 heterocycles. The Bertz CT molecular complexity index is 667. The van der Waals surface area contributed by atoms with Gasteiger partial charge in [0.05, 0.1) is 0 Å². The molecule has 1 aromatic rings. The minimum Gasteiger partial charge on any atom is -0.338 e. The number of nitrogens with zero attached hydrogens (tertiary/aromatic N) is 3. The number of likely N-dealkylation sites (N-methyl/N-ethyl adjacent to an activating group) is 1. The monoisotopic (exact) mass is 340 g/mol. The highest BCUT2D eigenvalue weighted by atomic mass is 32.2. The molecule has 128 valence electrons. The lowest BCUT2D eigenvalue weighted by Gasteiger charge is -2.36. The molecule has 0 bridgehead atoms. The second kappa shape index (κ2) is 6.96. The third-order valence-electron chi connectivity index (χ3n) is 4.02. The number of rotatable bonds is 4. The van der Waals surface area contributed by atoms with Gasteiger partial charge in [-0.05, 0) is 26.6 Å². The number of hydrogen-bond acceptors (Lipinski definition) is 4. The smallest absolute Gasteiger partial charge is 0.277 e. The number of amides is 1. The normalized spacial score (nSPS) is 18.2. The van der Waals surface area contributed by atoms with E-state index >= 15 is 0 Å². The summed E-state index contributed by atoms with van der Waals surface area (Å²) in [6.07, 6.45) is 0. The second-order valence-electron chi connectivity index (χ2n) is 6.05. The van der Waals surface area contributed by atoms with E-state index in [2.05, 4.69) is 0 Å². The predicted molar refractivity (Wildman–Crippen MR) is 88.9 cm³/mol. The lowest BCUT2D eigenvalue weighted by atomic mass is 10.0. The van der Waals surface area contributed by atoms with Crippen molar-refractivity contribution in [2.75, 3.05) is 40.3 Å². The number of aryl methyl sites for hydroxylation is 1. The summed E-state index contributed by atoms with van der Waals surface area (Å²) in [5, 5.41) is 5.13. The summed E-state index contributed by atoms with van der Waals surface area (Å²) in [5.74, 6) is -0.0188. The highest BCUT2D eigenvalue weighted by Gasteiger charge is 2.32. The number of carbonyl (C=O) groups is 1. The molecule has 1 atom stereocenters. The Kier molecular flexibility index (Phi) is 5.41. The van der Waals surface area contributed by atoms with Gasteiger partial charge in [-0.15, -0.1) is 0 Å². The van der Waals surface area contributed by atoms with Crippen LogP contribution < -0.4 is 5.14 Å². The molecule has 23 heavy (non-hydrogen) atoms. The van der Waals surface area contributed by atoms with Crippen LogP contribution in [-0.4, -0.2) is 68.7 Å². The summed E-state index contributed by atoms with van der Waals surface area (Å²) in [7, 11) is 0.0487. The molecule has 2 rings (SSSR count). The van der Waals surface area contributed by atoms with Crippen molar-refractivity contribution < 1.29 is 13.2 Å². The maximum Gasteiger partial charge on any atom is 0.277 e. The predicted octanol–water partition coefficient (Wildman–Crippen LogP) is -0.0546. The third kappa shape index (κ3) is 4.29. The van der Waals surface area contributed by atoms with Crippen molar-refractivity contribution in [1.29, 1.82) is 0 Å². The summed E-state index contributed by atoms with van der Waals surface area (Å²) in [6, 6.07) is 7.49. The van der Waals surface area contributed by atoms with Gasteiger partial charge in [0, 0.05) is 26.2 Å². The van der Waals surface area contributed by atoms with E-state index in [-0.39, 0.29) is 25.0 Å². The Labute approximate surface area is 137 Å². The molecule has 0 unspecified atom stereocenters. The Morgan fingerprint density at radius 2 is 1.83 bits per heavy atom. The van der Waals surface area contributed by atoms with Gasteiger partial charge in [-0.3, -0.25) is 9.69 Å². The zero-order chi connectivity index (χ0) is 17.2. The number of benzene rings is 1. The van der Waals surface area contributed by atoms with Crippen molar-refractivity contribution in [3.8, 4) is 0 Å². The van der Waals surface area contributed by atoms with Gasteiger partial charge >= 0.3 is 0 Å². The number of nitrogens with two attached hydrogens (primary N) is 1. The molecular weight excluding hydrogens is 316 g/mol. The van der Waals surface area contributed by atoms with Crippen LogP contribution >= 0.6 is 0 Å². The zero-order valence-corrected chi connectivity index (χ0v) is 14.6. The highest BCUT2D eigenvalue weighted by molar-refractivity contribution is 7.86. The fourth-order valence-corrected chi connectivity index (χ4v) is 3.51. The van der Waals surface area contributed by atoms with Crippen LogP contribution in [0.4, 0.5) is 0 Å². The average molecular weight is 340 g/mol. The summed E-state index contributed by atoms with van der Waals surface area (Å²) in [6.45, 7) is 3.17. The molecule has 1 aliphatic heterocycles. The summed E-state index contributed by atoms with van der Waals surface area (Å²) in [4.78, 5) is 16.5. The van der Waals surface area contributed by atoms with Gasteiger partial charge in [-0.2, -0.15) is 12.7 Å². The highest BCUT2D eigenvalue weighted by Crippen LogP contribution is 2.22.